The highest BCUT2D eigenvalue weighted by atomic mass is 16.5. The van der Waals surface area contributed by atoms with Crippen LogP contribution >= 0.6 is 0 Å². The lowest BCUT2D eigenvalue weighted by Gasteiger charge is -2.16. The van der Waals surface area contributed by atoms with Crippen molar-refractivity contribution in [2.45, 2.75) is 52.5 Å². The minimum atomic E-state index is -0.384. The highest BCUT2D eigenvalue weighted by Crippen LogP contribution is 2.25. The van der Waals surface area contributed by atoms with E-state index in [4.69, 9.17) is 9.47 Å². The van der Waals surface area contributed by atoms with E-state index in [1.165, 1.54) is 19.1 Å². The molecule has 0 atom stereocenters. The molecular weight excluding hydrogens is 448 g/mol. The molecule has 9 nitrogen and oxygen atoms in total. The number of aryl methyl sites for hydroxylation is 1. The summed E-state index contributed by atoms with van der Waals surface area (Å²) in [4.78, 5) is 45.0. The average Bonchev–Trinajstić information content (AvgIpc) is 3.34. The van der Waals surface area contributed by atoms with Crippen molar-refractivity contribution in [1.29, 1.82) is 0 Å². The van der Waals surface area contributed by atoms with Gasteiger partial charge in [-0.1, -0.05) is 38.8 Å². The number of urea groups is 1. The summed E-state index contributed by atoms with van der Waals surface area (Å²) in [5.41, 5.74) is 2.52. The van der Waals surface area contributed by atoms with Gasteiger partial charge in [-0.15, -0.1) is 0 Å². The van der Waals surface area contributed by atoms with Crippen molar-refractivity contribution in [3.8, 4) is 0 Å². The first kappa shape index (κ1) is 26.2. The largest absolute Gasteiger partial charge is 0.465 e. The smallest absolute Gasteiger partial charge is 0.337 e. The van der Waals surface area contributed by atoms with Crippen LogP contribution in [0, 0.1) is 0 Å². The third-order valence-corrected chi connectivity index (χ3v) is 5.93. The molecule has 1 saturated heterocycles. The van der Waals surface area contributed by atoms with E-state index in [9.17, 15) is 14.4 Å². The Morgan fingerprint density at radius 3 is 2.37 bits per heavy atom. The number of hydrogen-bond donors (Lipinski definition) is 0. The molecule has 2 heterocycles. The molecule has 1 aromatic carbocycles. The maximum absolute atomic E-state index is 13.1. The Morgan fingerprint density at radius 2 is 1.74 bits per heavy atom. The Bertz CT molecular complexity index is 1070. The first-order valence-electron chi connectivity index (χ1n) is 12.0. The van der Waals surface area contributed by atoms with Gasteiger partial charge in [-0.3, -0.25) is 9.69 Å². The summed E-state index contributed by atoms with van der Waals surface area (Å²) in [5, 5.41) is 0. The predicted molar refractivity (Wildman–Crippen MR) is 131 cm³/mol. The molecule has 0 unspecified atom stereocenters. The van der Waals surface area contributed by atoms with Crippen LogP contribution in [-0.4, -0.2) is 64.8 Å². The summed E-state index contributed by atoms with van der Waals surface area (Å²) in [5.74, 6) is 0.144. The number of imidazole rings is 1. The van der Waals surface area contributed by atoms with E-state index in [-0.39, 0.29) is 24.6 Å². The zero-order valence-corrected chi connectivity index (χ0v) is 21.0. The van der Waals surface area contributed by atoms with E-state index >= 15 is 0 Å². The fourth-order valence-corrected chi connectivity index (χ4v) is 3.95. The van der Waals surface area contributed by atoms with Gasteiger partial charge in [-0.05, 0) is 36.6 Å². The van der Waals surface area contributed by atoms with E-state index in [0.717, 1.165) is 54.1 Å². The van der Waals surface area contributed by atoms with Crippen LogP contribution in [0.3, 0.4) is 0 Å². The van der Waals surface area contributed by atoms with Crippen LogP contribution in [0.1, 0.15) is 67.0 Å². The Labute approximate surface area is 206 Å². The molecule has 1 aliphatic heterocycles. The summed E-state index contributed by atoms with van der Waals surface area (Å²) in [6, 6.07) is 6.86. The molecule has 0 saturated carbocycles. The Morgan fingerprint density at radius 1 is 1.03 bits per heavy atom. The van der Waals surface area contributed by atoms with Crippen molar-refractivity contribution in [1.82, 2.24) is 19.4 Å². The normalized spacial score (nSPS) is 14.9. The van der Waals surface area contributed by atoms with Gasteiger partial charge in [0.2, 0.25) is 0 Å². The Kier molecular flexibility index (Phi) is 9.19. The van der Waals surface area contributed by atoms with Crippen LogP contribution in [0.4, 0.5) is 4.79 Å². The van der Waals surface area contributed by atoms with Crippen LogP contribution in [0.5, 0.6) is 0 Å². The average molecular weight is 483 g/mol. The molecule has 2 aromatic rings. The van der Waals surface area contributed by atoms with Crippen molar-refractivity contribution in [3.05, 3.63) is 58.8 Å². The minimum Gasteiger partial charge on any atom is -0.465 e. The SMILES string of the molecule is CCCCc1ncc(C=C2C(=O)N(COC)C(=O)N2CCCC)n1Cc1ccc(C(=O)OC)cc1. The first-order valence-corrected chi connectivity index (χ1v) is 12.0. The molecule has 0 aliphatic carbocycles. The van der Waals surface area contributed by atoms with Crippen molar-refractivity contribution in [2.24, 2.45) is 0 Å². The number of unbranched alkanes of at least 4 members (excludes halogenated alkanes) is 2. The molecule has 9 heteroatoms. The number of esters is 1. The highest BCUT2D eigenvalue weighted by molar-refractivity contribution is 6.13. The van der Waals surface area contributed by atoms with Gasteiger partial charge in [-0.25, -0.2) is 19.5 Å². The molecule has 3 amide bonds. The van der Waals surface area contributed by atoms with Gasteiger partial charge >= 0.3 is 12.0 Å². The van der Waals surface area contributed by atoms with Gasteiger partial charge in [-0.2, -0.15) is 0 Å². The molecule has 3 rings (SSSR count). The van der Waals surface area contributed by atoms with Crippen LogP contribution in [0.15, 0.2) is 36.2 Å². The monoisotopic (exact) mass is 482 g/mol. The van der Waals surface area contributed by atoms with Crippen LogP contribution in [0.25, 0.3) is 6.08 Å². The zero-order valence-electron chi connectivity index (χ0n) is 21.0. The minimum absolute atomic E-state index is 0.0921. The first-order chi connectivity index (χ1) is 16.9. The lowest BCUT2D eigenvalue weighted by Crippen LogP contribution is -2.34. The number of benzene rings is 1. The maximum atomic E-state index is 13.1. The van der Waals surface area contributed by atoms with Gasteiger partial charge in [0.15, 0.2) is 0 Å². The topological polar surface area (TPSA) is 94.0 Å². The van der Waals surface area contributed by atoms with Crippen molar-refractivity contribution >= 4 is 24.0 Å². The van der Waals surface area contributed by atoms with Gasteiger partial charge < -0.3 is 14.0 Å². The van der Waals surface area contributed by atoms with Crippen molar-refractivity contribution in [3.63, 3.8) is 0 Å². The molecule has 0 radical (unpaired) electrons. The summed E-state index contributed by atoms with van der Waals surface area (Å²) >= 11 is 0. The van der Waals surface area contributed by atoms with Gasteiger partial charge in [0.05, 0.1) is 24.6 Å². The second-order valence-corrected chi connectivity index (χ2v) is 8.45. The lowest BCUT2D eigenvalue weighted by molar-refractivity contribution is -0.126. The molecule has 1 aliphatic rings. The number of aromatic nitrogens is 2. The van der Waals surface area contributed by atoms with Gasteiger partial charge in [0.1, 0.15) is 18.3 Å². The van der Waals surface area contributed by atoms with E-state index in [0.29, 0.717) is 24.4 Å². The standard InChI is InChI=1S/C26H34N4O5/c1-5-7-9-23-27-16-21(29(23)17-19-10-12-20(13-11-19)25(32)35-4)15-22-24(31)30(18-34-3)26(33)28(22)14-8-6-2/h10-13,15-16H,5-9,14,17-18H2,1-4H3. The number of imide groups is 1. The number of carbonyl (C=O) groups is 3. The fraction of sp³-hybridized carbons (Fsp3) is 0.462. The molecule has 1 fully saturated rings. The van der Waals surface area contributed by atoms with Gasteiger partial charge in [0, 0.05) is 26.6 Å². The second-order valence-electron chi connectivity index (χ2n) is 8.45. The van der Waals surface area contributed by atoms with Crippen molar-refractivity contribution < 1.29 is 23.9 Å². The number of carbonyl (C=O) groups excluding carboxylic acids is 3. The molecule has 35 heavy (non-hydrogen) atoms. The van der Waals surface area contributed by atoms with Crippen molar-refractivity contribution in [2.75, 3.05) is 27.5 Å². The molecule has 0 N–H and O–H groups in total. The van der Waals surface area contributed by atoms with E-state index in [1.807, 2.05) is 19.1 Å². The van der Waals surface area contributed by atoms with E-state index in [2.05, 4.69) is 16.5 Å². The summed E-state index contributed by atoms with van der Waals surface area (Å²) in [6.07, 6.45) is 7.98. The van der Waals surface area contributed by atoms with Gasteiger partial charge in [0.25, 0.3) is 5.91 Å². The van der Waals surface area contributed by atoms with E-state index in [1.54, 1.807) is 24.4 Å². The zero-order chi connectivity index (χ0) is 25.4. The quantitative estimate of drug-likeness (QED) is 0.257. The van der Waals surface area contributed by atoms with Crippen LogP contribution in [-0.2, 0) is 27.2 Å². The molecule has 1 aromatic heterocycles. The fourth-order valence-electron chi connectivity index (χ4n) is 3.95. The third kappa shape index (κ3) is 5.97. The van der Waals surface area contributed by atoms with Crippen LogP contribution in [0.2, 0.25) is 0 Å². The number of methoxy groups -OCH3 is 2. The molecule has 0 spiro atoms. The predicted octanol–water partition coefficient (Wildman–Crippen LogP) is 4.07. The number of rotatable bonds is 12. The maximum Gasteiger partial charge on any atom is 0.337 e. The Balaban J connectivity index is 1.98. The number of nitrogens with zero attached hydrogens (tertiary/aromatic N) is 4. The highest BCUT2D eigenvalue weighted by Gasteiger charge is 2.40. The lowest BCUT2D eigenvalue weighted by atomic mass is 10.1. The summed E-state index contributed by atoms with van der Waals surface area (Å²) in [7, 11) is 2.81. The third-order valence-electron chi connectivity index (χ3n) is 5.93. The Hall–Kier alpha value is -3.46. The second kappa shape index (κ2) is 12.3. The number of ether oxygens (including phenoxy) is 2. The molecule has 188 valence electrons. The molecule has 0 bridgehead atoms. The van der Waals surface area contributed by atoms with Crippen LogP contribution < -0.4 is 0 Å². The summed E-state index contributed by atoms with van der Waals surface area (Å²) in [6.45, 7) is 5.04. The number of hydrogen-bond acceptors (Lipinski definition) is 6. The summed E-state index contributed by atoms with van der Waals surface area (Å²) < 4.78 is 11.9. The van der Waals surface area contributed by atoms with E-state index < -0.39 is 0 Å². The molecular formula is C26H34N4O5. The number of amides is 3.